The number of nitrogens with zero attached hydrogens (tertiary/aromatic N) is 2. The van der Waals surface area contributed by atoms with E-state index >= 15 is 0 Å². The van der Waals surface area contributed by atoms with Gasteiger partial charge < -0.3 is 0 Å². The zero-order valence-electron chi connectivity index (χ0n) is 13.1. The highest BCUT2D eigenvalue weighted by Gasteiger charge is 2.17. The van der Waals surface area contributed by atoms with E-state index in [4.69, 9.17) is 23.2 Å². The maximum absolute atomic E-state index is 14.2. The van der Waals surface area contributed by atoms with E-state index in [2.05, 4.69) is 23.8 Å². The van der Waals surface area contributed by atoms with E-state index in [9.17, 15) is 4.39 Å². The molecule has 2 aromatic heterocycles. The highest BCUT2D eigenvalue weighted by Crippen LogP contribution is 2.29. The summed E-state index contributed by atoms with van der Waals surface area (Å²) >= 11 is 12.0. The van der Waals surface area contributed by atoms with Crippen molar-refractivity contribution in [3.05, 3.63) is 56.8 Å². The number of pyridine rings is 2. The van der Waals surface area contributed by atoms with E-state index in [1.165, 1.54) is 0 Å². The van der Waals surface area contributed by atoms with Crippen LogP contribution in [0.5, 0.6) is 0 Å². The maximum Gasteiger partial charge on any atom is 0.165 e. The van der Waals surface area contributed by atoms with Gasteiger partial charge in [0.1, 0.15) is 0 Å². The number of hydrogen-bond acceptors (Lipinski definition) is 2. The third-order valence-corrected chi connectivity index (χ3v) is 4.25. The van der Waals surface area contributed by atoms with Gasteiger partial charge in [0.15, 0.2) is 11.0 Å². The van der Waals surface area contributed by atoms with Gasteiger partial charge in [0.25, 0.3) is 0 Å². The van der Waals surface area contributed by atoms with E-state index in [1.807, 2.05) is 13.0 Å². The second-order valence-corrected chi connectivity index (χ2v) is 6.68. The molecule has 2 nitrogen and oxygen atoms in total. The molecule has 0 fully saturated rings. The van der Waals surface area contributed by atoms with Crippen molar-refractivity contribution in [2.24, 2.45) is 0 Å². The van der Waals surface area contributed by atoms with Crippen LogP contribution in [0, 0.1) is 12.7 Å². The Morgan fingerprint density at radius 1 is 1.14 bits per heavy atom. The molecule has 22 heavy (non-hydrogen) atoms. The lowest BCUT2D eigenvalue weighted by Gasteiger charge is -2.15. The normalized spacial score (nSPS) is 12.7. The molecule has 0 spiro atoms. The topological polar surface area (TPSA) is 25.8 Å². The fourth-order valence-corrected chi connectivity index (χ4v) is 3.04. The van der Waals surface area contributed by atoms with Crippen molar-refractivity contribution in [1.29, 1.82) is 0 Å². The molecule has 1 unspecified atom stereocenters. The summed E-state index contributed by atoms with van der Waals surface area (Å²) in [6, 6.07) is 3.74. The first-order chi connectivity index (χ1) is 10.3. The average molecular weight is 341 g/mol. The van der Waals surface area contributed by atoms with E-state index in [0.29, 0.717) is 28.6 Å². The molecular weight excluding hydrogens is 322 g/mol. The summed E-state index contributed by atoms with van der Waals surface area (Å²) < 4.78 is 14.2. The van der Waals surface area contributed by atoms with Crippen molar-refractivity contribution in [3.8, 4) is 0 Å². The van der Waals surface area contributed by atoms with Crippen molar-refractivity contribution >= 4 is 23.2 Å². The van der Waals surface area contributed by atoms with Crippen molar-refractivity contribution in [3.63, 3.8) is 0 Å². The Hall–Kier alpha value is -1.19. The summed E-state index contributed by atoms with van der Waals surface area (Å²) in [7, 11) is 0. The number of aryl methyl sites for hydroxylation is 1. The Balaban J connectivity index is 2.30. The lowest BCUT2D eigenvalue weighted by molar-refractivity contribution is 0.579. The molecule has 118 valence electrons. The monoisotopic (exact) mass is 340 g/mol. The summed E-state index contributed by atoms with van der Waals surface area (Å²) in [5.41, 5.74) is 3.23. The summed E-state index contributed by atoms with van der Waals surface area (Å²) in [6.45, 7) is 7.93. The zero-order chi connectivity index (χ0) is 16.4. The van der Waals surface area contributed by atoms with Crippen LogP contribution in [0.4, 0.5) is 4.39 Å². The molecule has 2 aromatic rings. The van der Waals surface area contributed by atoms with Gasteiger partial charge in [-0.1, -0.05) is 44.0 Å². The quantitative estimate of drug-likeness (QED) is 0.667. The van der Waals surface area contributed by atoms with Gasteiger partial charge in [0, 0.05) is 17.6 Å². The Bertz CT molecular complexity index is 687. The molecule has 0 saturated carbocycles. The Labute approximate surface area is 140 Å². The highest BCUT2D eigenvalue weighted by molar-refractivity contribution is 6.31. The second-order valence-electron chi connectivity index (χ2n) is 5.91. The van der Waals surface area contributed by atoms with Gasteiger partial charge in [-0.25, -0.2) is 9.37 Å². The molecular formula is C17H19Cl2FN2. The van der Waals surface area contributed by atoms with Crippen LogP contribution in [0.2, 0.25) is 10.2 Å². The van der Waals surface area contributed by atoms with Gasteiger partial charge >= 0.3 is 0 Å². The standard InChI is InChI=1S/C17H19Cl2FN2/c1-9(2)13-7-12(21-8-15(13)18)5-10(3)14-6-11(4)22-17(19)16(14)20/h6-10H,5H2,1-4H3. The van der Waals surface area contributed by atoms with E-state index in [-0.39, 0.29) is 11.1 Å². The first kappa shape index (κ1) is 17.2. The smallest absolute Gasteiger partial charge is 0.165 e. The number of hydrogen-bond donors (Lipinski definition) is 0. The minimum Gasteiger partial charge on any atom is -0.260 e. The Morgan fingerprint density at radius 3 is 2.45 bits per heavy atom. The van der Waals surface area contributed by atoms with Gasteiger partial charge in [-0.3, -0.25) is 4.98 Å². The van der Waals surface area contributed by atoms with Crippen LogP contribution in [-0.4, -0.2) is 9.97 Å². The molecule has 0 bridgehead atoms. The average Bonchev–Trinajstić information content (AvgIpc) is 2.44. The first-order valence-corrected chi connectivity index (χ1v) is 8.02. The molecule has 0 N–H and O–H groups in total. The lowest BCUT2D eigenvalue weighted by atomic mass is 9.94. The van der Waals surface area contributed by atoms with Gasteiger partial charge in [0.2, 0.25) is 0 Å². The largest absolute Gasteiger partial charge is 0.260 e. The van der Waals surface area contributed by atoms with Crippen LogP contribution in [0.25, 0.3) is 0 Å². The Kier molecular flexibility index (Phi) is 5.41. The van der Waals surface area contributed by atoms with Gasteiger partial charge in [-0.2, -0.15) is 0 Å². The predicted octanol–water partition coefficient (Wildman–Crippen LogP) is 5.70. The van der Waals surface area contributed by atoms with Crippen LogP contribution in [0.3, 0.4) is 0 Å². The zero-order valence-corrected chi connectivity index (χ0v) is 14.6. The van der Waals surface area contributed by atoms with Crippen LogP contribution in [0.15, 0.2) is 18.3 Å². The third kappa shape index (κ3) is 3.76. The summed E-state index contributed by atoms with van der Waals surface area (Å²) in [6.07, 6.45) is 2.29. The molecule has 1 atom stereocenters. The Morgan fingerprint density at radius 2 is 1.82 bits per heavy atom. The fourth-order valence-electron chi connectivity index (χ4n) is 2.48. The number of halogens is 3. The van der Waals surface area contributed by atoms with Crippen molar-refractivity contribution in [2.75, 3.05) is 0 Å². The summed E-state index contributed by atoms with van der Waals surface area (Å²) in [5.74, 6) is -0.176. The minimum atomic E-state index is -0.446. The SMILES string of the molecule is Cc1cc(C(C)Cc2cc(C(C)C)c(Cl)cn2)c(F)c(Cl)n1. The maximum atomic E-state index is 14.2. The second kappa shape index (κ2) is 6.93. The number of rotatable bonds is 4. The molecule has 0 aliphatic rings. The summed E-state index contributed by atoms with van der Waals surface area (Å²) in [4.78, 5) is 8.29. The van der Waals surface area contributed by atoms with Crippen molar-refractivity contribution < 1.29 is 4.39 Å². The molecule has 0 radical (unpaired) electrons. The molecule has 0 aromatic carbocycles. The third-order valence-electron chi connectivity index (χ3n) is 3.68. The molecule has 0 aliphatic carbocycles. The van der Waals surface area contributed by atoms with E-state index in [1.54, 1.807) is 19.2 Å². The van der Waals surface area contributed by atoms with Crippen LogP contribution in [0.1, 0.15) is 55.1 Å². The van der Waals surface area contributed by atoms with Gasteiger partial charge in [-0.05, 0) is 48.4 Å². The number of aromatic nitrogens is 2. The van der Waals surface area contributed by atoms with Crippen molar-refractivity contribution in [2.45, 2.75) is 46.0 Å². The molecule has 0 aliphatic heterocycles. The minimum absolute atomic E-state index is 0.0483. The van der Waals surface area contributed by atoms with E-state index in [0.717, 1.165) is 11.3 Å². The van der Waals surface area contributed by atoms with Gasteiger partial charge in [-0.15, -0.1) is 0 Å². The summed E-state index contributed by atoms with van der Waals surface area (Å²) in [5, 5.41) is 0.592. The highest BCUT2D eigenvalue weighted by atomic mass is 35.5. The lowest BCUT2D eigenvalue weighted by Crippen LogP contribution is -2.06. The molecule has 0 amide bonds. The molecule has 5 heteroatoms. The van der Waals surface area contributed by atoms with Crippen LogP contribution >= 0.6 is 23.2 Å². The molecule has 0 saturated heterocycles. The van der Waals surface area contributed by atoms with Crippen LogP contribution in [-0.2, 0) is 6.42 Å². The molecule has 2 heterocycles. The first-order valence-electron chi connectivity index (χ1n) is 7.26. The van der Waals surface area contributed by atoms with E-state index < -0.39 is 5.82 Å². The van der Waals surface area contributed by atoms with Crippen molar-refractivity contribution in [1.82, 2.24) is 9.97 Å². The van der Waals surface area contributed by atoms with Crippen LogP contribution < -0.4 is 0 Å². The fraction of sp³-hybridized carbons (Fsp3) is 0.412. The molecule has 2 rings (SSSR count). The van der Waals surface area contributed by atoms with Gasteiger partial charge in [0.05, 0.1) is 5.02 Å². The predicted molar refractivity (Wildman–Crippen MR) is 89.4 cm³/mol.